The molecule has 1 aromatic heterocycles. The molecule has 4 aromatic rings. The highest BCUT2D eigenvalue weighted by Gasteiger charge is 2.29. The normalized spacial score (nSPS) is 11.7. The molecule has 0 saturated carbocycles. The quantitative estimate of drug-likeness (QED) is 0.159. The van der Waals surface area contributed by atoms with Crippen LogP contribution in [0.2, 0.25) is 0 Å². The van der Waals surface area contributed by atoms with Crippen molar-refractivity contribution in [3.63, 3.8) is 0 Å². The molecule has 4 nitrogen and oxygen atoms in total. The second kappa shape index (κ2) is 7.52. The van der Waals surface area contributed by atoms with Gasteiger partial charge in [0.25, 0.3) is 0 Å². The maximum absolute atomic E-state index is 14.0. The first kappa shape index (κ1) is 20.0. The van der Waals surface area contributed by atoms with E-state index in [-0.39, 0.29) is 16.8 Å². The summed E-state index contributed by atoms with van der Waals surface area (Å²) in [5.41, 5.74) is -0.349. The minimum Gasteiger partial charge on any atom is -0.507 e. The third-order valence-electron chi connectivity index (χ3n) is 4.14. The molecule has 1 heterocycles. The molecule has 0 spiro atoms. The second-order valence-electron chi connectivity index (χ2n) is 6.08. The van der Waals surface area contributed by atoms with Crippen molar-refractivity contribution in [1.29, 1.82) is 0 Å². The van der Waals surface area contributed by atoms with Gasteiger partial charge in [-0.05, 0) is 36.4 Å². The molecule has 0 bridgehead atoms. The minimum atomic E-state index is -2.27. The molecule has 0 aliphatic rings. The van der Waals surface area contributed by atoms with Gasteiger partial charge in [0.2, 0.25) is 11.7 Å². The summed E-state index contributed by atoms with van der Waals surface area (Å²) in [6.07, 6.45) is 1.38. The third-order valence-corrected chi connectivity index (χ3v) is 4.63. The first-order valence-corrected chi connectivity index (χ1v) is 9.00. The van der Waals surface area contributed by atoms with Gasteiger partial charge in [0.1, 0.15) is 16.8 Å². The number of phenols is 1. The smallest absolute Gasteiger partial charge is 0.233 e. The zero-order chi connectivity index (χ0) is 21.6. The molecule has 4 rings (SSSR count). The summed E-state index contributed by atoms with van der Waals surface area (Å²) >= 11 is 3.27. The van der Waals surface area contributed by atoms with Crippen molar-refractivity contribution in [2.75, 3.05) is 0 Å². The average molecular weight is 483 g/mol. The molecule has 1 N–H and O–H groups in total. The number of rotatable bonds is 3. The number of aromatic nitrogens is 1. The first-order valence-electron chi connectivity index (χ1n) is 8.21. The van der Waals surface area contributed by atoms with Gasteiger partial charge in [0, 0.05) is 16.3 Å². The molecule has 0 atom stereocenters. The van der Waals surface area contributed by atoms with Crippen molar-refractivity contribution in [2.45, 2.75) is 0 Å². The van der Waals surface area contributed by atoms with Gasteiger partial charge in [-0.15, -0.1) is 0 Å². The number of halogens is 6. The van der Waals surface area contributed by atoms with Crippen LogP contribution in [0.15, 0.2) is 50.3 Å². The van der Waals surface area contributed by atoms with Crippen LogP contribution in [-0.2, 0) is 0 Å². The van der Waals surface area contributed by atoms with E-state index in [0.717, 1.165) is 4.47 Å². The highest BCUT2D eigenvalue weighted by atomic mass is 79.9. The monoisotopic (exact) mass is 482 g/mol. The Balaban J connectivity index is 1.76. The number of phenolic OH excluding ortho intramolecular Hbond substituents is 1. The Morgan fingerprint density at radius 3 is 2.27 bits per heavy atom. The predicted molar refractivity (Wildman–Crippen MR) is 102 cm³/mol. The van der Waals surface area contributed by atoms with E-state index >= 15 is 0 Å². The van der Waals surface area contributed by atoms with Crippen LogP contribution in [0.1, 0.15) is 5.56 Å². The molecule has 152 valence electrons. The molecule has 0 unspecified atom stereocenters. The lowest BCUT2D eigenvalue weighted by atomic mass is 10.1. The van der Waals surface area contributed by atoms with Crippen LogP contribution >= 0.6 is 15.9 Å². The molecule has 0 aliphatic carbocycles. The average Bonchev–Trinajstić information content (AvgIpc) is 3.14. The van der Waals surface area contributed by atoms with Crippen LogP contribution in [-0.4, -0.2) is 16.3 Å². The first-order chi connectivity index (χ1) is 14.3. The number of hydrogen-bond acceptors (Lipinski definition) is 4. The summed E-state index contributed by atoms with van der Waals surface area (Å²) < 4.78 is 74.1. The lowest BCUT2D eigenvalue weighted by Crippen LogP contribution is -2.04. The number of aliphatic imine (C=N–C) groups is 1. The Kier molecular flexibility index (Phi) is 5.02. The van der Waals surface area contributed by atoms with Crippen LogP contribution in [0, 0.1) is 29.1 Å². The molecular weight excluding hydrogens is 475 g/mol. The summed E-state index contributed by atoms with van der Waals surface area (Å²) in [4.78, 5) is 8.01. The summed E-state index contributed by atoms with van der Waals surface area (Å²) in [5, 5.41) is 9.83. The number of oxazole rings is 1. The maximum Gasteiger partial charge on any atom is 0.233 e. The van der Waals surface area contributed by atoms with Crippen LogP contribution < -0.4 is 0 Å². The van der Waals surface area contributed by atoms with E-state index in [1.807, 2.05) is 0 Å². The van der Waals surface area contributed by atoms with Gasteiger partial charge in [0.05, 0.1) is 5.69 Å². The zero-order valence-corrected chi connectivity index (χ0v) is 16.1. The molecule has 3 aromatic carbocycles. The largest absolute Gasteiger partial charge is 0.507 e. The van der Waals surface area contributed by atoms with E-state index in [1.165, 1.54) is 30.5 Å². The Bertz CT molecular complexity index is 1310. The highest BCUT2D eigenvalue weighted by Crippen LogP contribution is 2.33. The number of fused-ring (bicyclic) bond motifs is 1. The van der Waals surface area contributed by atoms with E-state index in [0.29, 0.717) is 11.3 Å². The van der Waals surface area contributed by atoms with Crippen molar-refractivity contribution < 1.29 is 31.5 Å². The van der Waals surface area contributed by atoms with Crippen molar-refractivity contribution in [2.24, 2.45) is 4.99 Å². The van der Waals surface area contributed by atoms with E-state index in [2.05, 4.69) is 25.9 Å². The fraction of sp³-hybridized carbons (Fsp3) is 0. The van der Waals surface area contributed by atoms with Gasteiger partial charge < -0.3 is 9.52 Å². The van der Waals surface area contributed by atoms with Gasteiger partial charge in [-0.1, -0.05) is 15.9 Å². The predicted octanol–water partition coefficient (Wildman–Crippen LogP) is 6.41. The SMILES string of the molecule is Oc1ccc(Br)cc1C=Nc1ccc2oc(-c3c(F)c(F)c(F)c(F)c3F)nc2c1. The molecule has 0 radical (unpaired) electrons. The van der Waals surface area contributed by atoms with Crippen molar-refractivity contribution >= 4 is 38.9 Å². The van der Waals surface area contributed by atoms with Crippen molar-refractivity contribution in [1.82, 2.24) is 4.98 Å². The Hall–Kier alpha value is -3.27. The van der Waals surface area contributed by atoms with Crippen LogP contribution in [0.25, 0.3) is 22.6 Å². The van der Waals surface area contributed by atoms with Crippen LogP contribution in [0.4, 0.5) is 27.6 Å². The molecular formula is C20H8BrF5N2O2. The lowest BCUT2D eigenvalue weighted by molar-refractivity contribution is 0.379. The summed E-state index contributed by atoms with van der Waals surface area (Å²) in [5.74, 6) is -11.3. The Labute approximate surface area is 173 Å². The summed E-state index contributed by atoms with van der Waals surface area (Å²) in [6, 6.07) is 9.01. The Morgan fingerprint density at radius 1 is 0.900 bits per heavy atom. The van der Waals surface area contributed by atoms with Gasteiger partial charge in [-0.25, -0.2) is 26.9 Å². The standard InChI is InChI=1S/C20H8BrF5N2O2/c21-9-1-3-12(29)8(5-9)7-27-10-2-4-13-11(6-10)28-20(30-13)14-15(22)17(24)19(26)18(25)16(14)23/h1-7,29H. The maximum atomic E-state index is 14.0. The summed E-state index contributed by atoms with van der Waals surface area (Å²) in [6.45, 7) is 0. The Morgan fingerprint density at radius 2 is 1.57 bits per heavy atom. The van der Waals surface area contributed by atoms with Gasteiger partial charge in [0.15, 0.2) is 28.9 Å². The molecule has 0 amide bonds. The lowest BCUT2D eigenvalue weighted by Gasteiger charge is -2.04. The molecule has 0 fully saturated rings. The van der Waals surface area contributed by atoms with Crippen LogP contribution in [0.5, 0.6) is 5.75 Å². The molecule has 10 heteroatoms. The van der Waals surface area contributed by atoms with E-state index in [1.54, 1.807) is 12.1 Å². The van der Waals surface area contributed by atoms with Crippen molar-refractivity contribution in [3.8, 4) is 17.2 Å². The third kappa shape index (κ3) is 3.43. The van der Waals surface area contributed by atoms with Gasteiger partial charge >= 0.3 is 0 Å². The fourth-order valence-corrected chi connectivity index (χ4v) is 3.05. The van der Waals surface area contributed by atoms with E-state index < -0.39 is 40.5 Å². The highest BCUT2D eigenvalue weighted by molar-refractivity contribution is 9.10. The number of nitrogens with zero attached hydrogens (tertiary/aromatic N) is 2. The van der Waals surface area contributed by atoms with Crippen LogP contribution in [0.3, 0.4) is 0 Å². The second-order valence-corrected chi connectivity index (χ2v) is 6.99. The number of aromatic hydroxyl groups is 1. The van der Waals surface area contributed by atoms with E-state index in [9.17, 15) is 27.1 Å². The summed E-state index contributed by atoms with van der Waals surface area (Å²) in [7, 11) is 0. The fourth-order valence-electron chi connectivity index (χ4n) is 2.67. The minimum absolute atomic E-state index is 0.00179. The zero-order valence-electron chi connectivity index (χ0n) is 14.6. The molecule has 30 heavy (non-hydrogen) atoms. The number of hydrogen-bond donors (Lipinski definition) is 1. The molecule has 0 aliphatic heterocycles. The van der Waals surface area contributed by atoms with Gasteiger partial charge in [-0.3, -0.25) is 4.99 Å². The molecule has 0 saturated heterocycles. The topological polar surface area (TPSA) is 58.6 Å². The van der Waals surface area contributed by atoms with Crippen molar-refractivity contribution in [3.05, 3.63) is 75.5 Å². The number of benzene rings is 3. The van der Waals surface area contributed by atoms with E-state index in [4.69, 9.17) is 4.42 Å². The van der Waals surface area contributed by atoms with Gasteiger partial charge in [-0.2, -0.15) is 0 Å².